The van der Waals surface area contributed by atoms with E-state index in [1.165, 1.54) is 173 Å². The lowest BCUT2D eigenvalue weighted by molar-refractivity contribution is -0.886. The van der Waals surface area contributed by atoms with Crippen molar-refractivity contribution in [3.05, 3.63) is 0 Å². The van der Waals surface area contributed by atoms with E-state index < -0.39 is 5.97 Å². The van der Waals surface area contributed by atoms with Crippen molar-refractivity contribution in [2.75, 3.05) is 33.8 Å². The van der Waals surface area contributed by atoms with Crippen molar-refractivity contribution in [1.82, 2.24) is 0 Å². The van der Waals surface area contributed by atoms with E-state index in [9.17, 15) is 9.90 Å². The number of quaternary nitrogens is 1. The molecule has 42 heavy (non-hydrogen) atoms. The van der Waals surface area contributed by atoms with Crippen molar-refractivity contribution in [2.24, 2.45) is 0 Å². The first-order chi connectivity index (χ1) is 20.4. The molecule has 0 saturated heterocycles. The van der Waals surface area contributed by atoms with Gasteiger partial charge in [0.1, 0.15) is 12.6 Å². The van der Waals surface area contributed by atoms with E-state index in [0.717, 1.165) is 26.0 Å². The predicted molar refractivity (Wildman–Crippen MR) is 184 cm³/mol. The number of unbranched alkanes of at least 4 members (excludes halogenated alkanes) is 26. The first-order valence-electron chi connectivity index (χ1n) is 19.1. The normalized spacial score (nSPS) is 12.7. The van der Waals surface area contributed by atoms with Gasteiger partial charge in [-0.2, -0.15) is 0 Å². The number of carbonyl (C=O) groups is 1. The second-order valence-corrected chi connectivity index (χ2v) is 14.1. The van der Waals surface area contributed by atoms with E-state index in [1.54, 1.807) is 0 Å². The lowest BCUT2D eigenvalue weighted by Crippen LogP contribution is -2.49. The Labute approximate surface area is 264 Å². The molecule has 0 aromatic carbocycles. The molecule has 4 nitrogen and oxygen atoms in total. The van der Waals surface area contributed by atoms with Crippen LogP contribution in [0.3, 0.4) is 0 Å². The third-order valence-corrected chi connectivity index (χ3v) is 8.99. The minimum atomic E-state index is -0.720. The molecule has 1 atom stereocenters. The molecule has 0 aromatic rings. The molecule has 0 fully saturated rings. The first kappa shape index (κ1) is 41.4. The Morgan fingerprint density at radius 1 is 0.524 bits per heavy atom. The second kappa shape index (κ2) is 31.8. The van der Waals surface area contributed by atoms with Crippen LogP contribution < -0.4 is 0 Å². The number of likely N-dealkylation sites (N-methyl/N-ethyl adjacent to an activating group) is 1. The van der Waals surface area contributed by atoms with Crippen molar-refractivity contribution >= 4 is 5.97 Å². The summed E-state index contributed by atoms with van der Waals surface area (Å²) in [5, 5.41) is 9.33. The maximum atomic E-state index is 11.3. The highest BCUT2D eigenvalue weighted by atomic mass is 16.5. The molecule has 0 aliphatic carbocycles. The Morgan fingerprint density at radius 2 is 0.833 bits per heavy atom. The van der Waals surface area contributed by atoms with Crippen LogP contribution in [0.25, 0.3) is 0 Å². The van der Waals surface area contributed by atoms with Crippen LogP contribution >= 0.6 is 0 Å². The van der Waals surface area contributed by atoms with Gasteiger partial charge in [0.25, 0.3) is 0 Å². The topological polar surface area (TPSA) is 46.5 Å². The molecule has 0 aliphatic heterocycles. The summed E-state index contributed by atoms with van der Waals surface area (Å²) < 4.78 is 6.87. The van der Waals surface area contributed by atoms with Crippen LogP contribution in [0, 0.1) is 0 Å². The second-order valence-electron chi connectivity index (χ2n) is 14.1. The fourth-order valence-electron chi connectivity index (χ4n) is 6.32. The van der Waals surface area contributed by atoms with Gasteiger partial charge in [-0.05, 0) is 12.8 Å². The van der Waals surface area contributed by atoms with Crippen LogP contribution in [0.1, 0.15) is 200 Å². The van der Waals surface area contributed by atoms with Gasteiger partial charge in [0.05, 0.1) is 14.1 Å². The maximum Gasteiger partial charge on any atom is 0.359 e. The summed E-state index contributed by atoms with van der Waals surface area (Å²) in [5.74, 6) is -0.720. The van der Waals surface area contributed by atoms with Crippen LogP contribution in [-0.2, 0) is 9.53 Å². The van der Waals surface area contributed by atoms with Gasteiger partial charge < -0.3 is 14.3 Å². The monoisotopic (exact) mass is 597 g/mol. The van der Waals surface area contributed by atoms with E-state index in [2.05, 4.69) is 13.8 Å². The van der Waals surface area contributed by atoms with Crippen LogP contribution in [0.5, 0.6) is 0 Å². The maximum absolute atomic E-state index is 11.3. The molecule has 0 radical (unpaired) electrons. The van der Waals surface area contributed by atoms with E-state index in [1.807, 2.05) is 14.1 Å². The third kappa shape index (κ3) is 32.3. The average molecular weight is 597 g/mol. The average Bonchev–Trinajstić information content (AvgIpc) is 2.94. The van der Waals surface area contributed by atoms with E-state index in [-0.39, 0.29) is 12.6 Å². The molecule has 0 heterocycles. The van der Waals surface area contributed by atoms with Crippen molar-refractivity contribution in [3.63, 3.8) is 0 Å². The van der Waals surface area contributed by atoms with Crippen molar-refractivity contribution < 1.29 is 19.1 Å². The first-order valence-corrected chi connectivity index (χ1v) is 19.1. The van der Waals surface area contributed by atoms with E-state index >= 15 is 0 Å². The highest BCUT2D eigenvalue weighted by Gasteiger charge is 2.25. The largest absolute Gasteiger partial charge is 0.477 e. The standard InChI is InChI=1S/C38H77NO3/c1-5-7-9-11-13-15-17-19-21-23-25-27-29-31-33-37(35-39(3,4)36-38(40)41)42-34-32-30-28-26-24-22-20-18-16-14-12-10-8-6-2/h37H,5-36H2,1-4H3/p+1. The SMILES string of the molecule is CCCCCCCCCCCCCCCCOC(CCCCCCCCCCCCCCCC)C[N+](C)(C)CC(=O)O. The fraction of sp³-hybridized carbons (Fsp3) is 0.974. The Morgan fingerprint density at radius 3 is 1.17 bits per heavy atom. The van der Waals surface area contributed by atoms with Gasteiger partial charge in [-0.3, -0.25) is 0 Å². The minimum Gasteiger partial charge on any atom is -0.477 e. The molecule has 1 N–H and O–H groups in total. The van der Waals surface area contributed by atoms with Crippen LogP contribution in [0.15, 0.2) is 0 Å². The lowest BCUT2D eigenvalue weighted by Gasteiger charge is -2.32. The van der Waals surface area contributed by atoms with Gasteiger partial charge in [0.15, 0.2) is 6.54 Å². The van der Waals surface area contributed by atoms with Crippen LogP contribution in [-0.4, -0.2) is 55.5 Å². The quantitative estimate of drug-likeness (QED) is 0.0584. The third-order valence-electron chi connectivity index (χ3n) is 8.99. The van der Waals surface area contributed by atoms with Gasteiger partial charge in [0, 0.05) is 6.61 Å². The fourth-order valence-corrected chi connectivity index (χ4v) is 6.32. The minimum absolute atomic E-state index is 0.164. The van der Waals surface area contributed by atoms with Crippen LogP contribution in [0.2, 0.25) is 0 Å². The smallest absolute Gasteiger partial charge is 0.359 e. The summed E-state index contributed by atoms with van der Waals surface area (Å²) in [5.41, 5.74) is 0. The van der Waals surface area contributed by atoms with Gasteiger partial charge in [-0.1, -0.05) is 187 Å². The van der Waals surface area contributed by atoms with Gasteiger partial charge in [0.2, 0.25) is 0 Å². The molecule has 0 spiro atoms. The van der Waals surface area contributed by atoms with Gasteiger partial charge in [-0.15, -0.1) is 0 Å². The number of hydrogen-bond donors (Lipinski definition) is 1. The van der Waals surface area contributed by atoms with Crippen molar-refractivity contribution in [3.8, 4) is 0 Å². The van der Waals surface area contributed by atoms with E-state index in [4.69, 9.17) is 4.74 Å². The van der Waals surface area contributed by atoms with Crippen LogP contribution in [0.4, 0.5) is 0 Å². The summed E-state index contributed by atoms with van der Waals surface area (Å²) in [6.07, 6.45) is 39.8. The van der Waals surface area contributed by atoms with Crippen molar-refractivity contribution in [1.29, 1.82) is 0 Å². The molecule has 0 bridgehead atoms. The number of nitrogens with zero attached hydrogens (tertiary/aromatic N) is 1. The molecule has 0 aromatic heterocycles. The number of rotatable bonds is 35. The van der Waals surface area contributed by atoms with Gasteiger partial charge >= 0.3 is 5.97 Å². The Bertz CT molecular complexity index is 550. The molecule has 0 saturated carbocycles. The predicted octanol–water partition coefficient (Wildman–Crippen LogP) is 11.9. The molecule has 4 heteroatoms. The highest BCUT2D eigenvalue weighted by Crippen LogP contribution is 2.17. The summed E-state index contributed by atoms with van der Waals surface area (Å²) in [7, 11) is 4.06. The molecule has 0 aliphatic rings. The molecule has 252 valence electrons. The molecule has 1 unspecified atom stereocenters. The molecule has 0 rings (SSSR count). The molecular formula is C38H78NO3+. The van der Waals surface area contributed by atoms with E-state index in [0.29, 0.717) is 4.48 Å². The van der Waals surface area contributed by atoms with Crippen molar-refractivity contribution in [2.45, 2.75) is 206 Å². The number of carboxylic acids is 1. The number of ether oxygens (including phenoxy) is 1. The number of carboxylic acid groups (broad SMARTS) is 1. The summed E-state index contributed by atoms with van der Waals surface area (Å²) in [4.78, 5) is 11.3. The zero-order valence-corrected chi connectivity index (χ0v) is 29.4. The lowest BCUT2D eigenvalue weighted by atomic mass is 10.0. The summed E-state index contributed by atoms with van der Waals surface area (Å²) >= 11 is 0. The molecular weight excluding hydrogens is 518 g/mol. The Kier molecular flexibility index (Phi) is 31.3. The number of aliphatic carboxylic acids is 1. The zero-order chi connectivity index (χ0) is 31.0. The number of hydrogen-bond acceptors (Lipinski definition) is 2. The Hall–Kier alpha value is -0.610. The highest BCUT2D eigenvalue weighted by molar-refractivity contribution is 5.67. The Balaban J connectivity index is 3.89. The summed E-state index contributed by atoms with van der Waals surface area (Å²) in [6, 6.07) is 0. The zero-order valence-electron chi connectivity index (χ0n) is 29.4. The molecule has 0 amide bonds. The summed E-state index contributed by atoms with van der Waals surface area (Å²) in [6.45, 7) is 6.36. The van der Waals surface area contributed by atoms with Gasteiger partial charge in [-0.25, -0.2) is 4.79 Å².